The molecule has 0 amide bonds. The van der Waals surface area contributed by atoms with E-state index in [0.29, 0.717) is 0 Å². The molecule has 1 aliphatic rings. The number of aromatic amines is 1. The molecule has 112 valence electrons. The fourth-order valence-corrected chi connectivity index (χ4v) is 3.13. The van der Waals surface area contributed by atoms with Crippen molar-refractivity contribution < 1.29 is 4.74 Å². The zero-order valence-electron chi connectivity index (χ0n) is 12.6. The second-order valence-corrected chi connectivity index (χ2v) is 7.32. The summed E-state index contributed by atoms with van der Waals surface area (Å²) in [5, 5.41) is 3.45. The largest absolute Gasteiger partial charge is 0.480 e. The van der Waals surface area contributed by atoms with E-state index in [9.17, 15) is 0 Å². The maximum atomic E-state index is 6.04. The first kappa shape index (κ1) is 14.5. The lowest BCUT2D eigenvalue weighted by molar-refractivity contribution is 0.211. The molecule has 2 N–H and O–H groups in total. The summed E-state index contributed by atoms with van der Waals surface area (Å²) in [5.41, 5.74) is 1.19. The predicted octanol–water partition coefficient (Wildman–Crippen LogP) is 3.52. The number of aromatic nitrogens is 2. The summed E-state index contributed by atoms with van der Waals surface area (Å²) >= 11 is 1.82. The Labute approximate surface area is 129 Å². The van der Waals surface area contributed by atoms with Crippen LogP contribution < -0.4 is 10.1 Å². The standard InChI is InChI=1S/C16H21N3OS/c1-16(2,3)18-9-11-8-17-15(19-11)13-10-21-14-7-5-4-6-12(14)20-13/h4-8,13,18H,9-10H2,1-3H3,(H,17,19). The van der Waals surface area contributed by atoms with Gasteiger partial charge in [-0.05, 0) is 32.9 Å². The number of H-pyrrole nitrogens is 1. The number of thioether (sulfide) groups is 1. The number of imidazole rings is 1. The van der Waals surface area contributed by atoms with Crippen LogP contribution in [0.1, 0.15) is 38.4 Å². The van der Waals surface area contributed by atoms with Crippen molar-refractivity contribution in [1.29, 1.82) is 0 Å². The van der Waals surface area contributed by atoms with Gasteiger partial charge >= 0.3 is 0 Å². The smallest absolute Gasteiger partial charge is 0.165 e. The molecule has 0 bridgehead atoms. The van der Waals surface area contributed by atoms with Crippen molar-refractivity contribution in [3.05, 3.63) is 42.0 Å². The van der Waals surface area contributed by atoms with Crippen LogP contribution in [-0.2, 0) is 6.54 Å². The molecular weight excluding hydrogens is 282 g/mol. The summed E-state index contributed by atoms with van der Waals surface area (Å²) in [6, 6.07) is 8.15. The molecule has 1 unspecified atom stereocenters. The van der Waals surface area contributed by atoms with E-state index in [2.05, 4.69) is 42.1 Å². The van der Waals surface area contributed by atoms with Crippen LogP contribution in [0.15, 0.2) is 35.4 Å². The van der Waals surface area contributed by atoms with Crippen LogP contribution in [0.3, 0.4) is 0 Å². The van der Waals surface area contributed by atoms with Crippen molar-refractivity contribution in [3.8, 4) is 5.75 Å². The monoisotopic (exact) mass is 303 g/mol. The molecule has 2 heterocycles. The van der Waals surface area contributed by atoms with Crippen molar-refractivity contribution in [2.45, 2.75) is 43.9 Å². The van der Waals surface area contributed by atoms with Gasteiger partial charge in [-0.3, -0.25) is 0 Å². The third-order valence-electron chi connectivity index (χ3n) is 3.27. The third kappa shape index (κ3) is 3.60. The van der Waals surface area contributed by atoms with Gasteiger partial charge in [0.1, 0.15) is 11.6 Å². The Bertz CT molecular complexity index is 618. The van der Waals surface area contributed by atoms with Crippen LogP contribution in [-0.4, -0.2) is 21.3 Å². The van der Waals surface area contributed by atoms with Crippen LogP contribution in [0.5, 0.6) is 5.75 Å². The number of nitrogens with one attached hydrogen (secondary N) is 2. The molecule has 0 radical (unpaired) electrons. The van der Waals surface area contributed by atoms with Crippen molar-refractivity contribution in [1.82, 2.24) is 15.3 Å². The summed E-state index contributed by atoms with van der Waals surface area (Å²) in [5.74, 6) is 2.74. The highest BCUT2D eigenvalue weighted by molar-refractivity contribution is 7.99. The first-order valence-corrected chi connectivity index (χ1v) is 8.17. The summed E-state index contributed by atoms with van der Waals surface area (Å²) in [7, 11) is 0. The Morgan fingerprint density at radius 2 is 2.19 bits per heavy atom. The van der Waals surface area contributed by atoms with E-state index in [1.807, 2.05) is 36.2 Å². The maximum absolute atomic E-state index is 6.04. The minimum atomic E-state index is -0.00622. The van der Waals surface area contributed by atoms with E-state index < -0.39 is 0 Å². The Balaban J connectivity index is 1.67. The molecule has 1 aliphatic heterocycles. The first-order valence-electron chi connectivity index (χ1n) is 7.18. The van der Waals surface area contributed by atoms with Gasteiger partial charge in [0.15, 0.2) is 6.10 Å². The van der Waals surface area contributed by atoms with Gasteiger partial charge in [-0.2, -0.15) is 0 Å². The average Bonchev–Trinajstić information content (AvgIpc) is 2.93. The first-order chi connectivity index (χ1) is 10.0. The van der Waals surface area contributed by atoms with E-state index >= 15 is 0 Å². The number of nitrogens with zero attached hydrogens (tertiary/aromatic N) is 1. The molecule has 5 heteroatoms. The average molecular weight is 303 g/mol. The number of fused-ring (bicyclic) bond motifs is 1. The van der Waals surface area contributed by atoms with Crippen LogP contribution >= 0.6 is 11.8 Å². The highest BCUT2D eigenvalue weighted by atomic mass is 32.2. The van der Waals surface area contributed by atoms with Gasteiger partial charge in [0.05, 0.1) is 0 Å². The van der Waals surface area contributed by atoms with Gasteiger partial charge < -0.3 is 15.0 Å². The number of hydrogen-bond acceptors (Lipinski definition) is 4. The van der Waals surface area contributed by atoms with Gasteiger partial charge in [0.2, 0.25) is 0 Å². The Morgan fingerprint density at radius 1 is 1.38 bits per heavy atom. The lowest BCUT2D eigenvalue weighted by Crippen LogP contribution is -2.35. The van der Waals surface area contributed by atoms with Gasteiger partial charge in [-0.15, -0.1) is 11.8 Å². The molecule has 4 nitrogen and oxygen atoms in total. The van der Waals surface area contributed by atoms with Crippen molar-refractivity contribution in [2.75, 3.05) is 5.75 Å². The quantitative estimate of drug-likeness (QED) is 0.911. The van der Waals surface area contributed by atoms with Gasteiger partial charge in [0.25, 0.3) is 0 Å². The Kier molecular flexibility index (Phi) is 3.95. The van der Waals surface area contributed by atoms with Crippen LogP contribution in [0, 0.1) is 0 Å². The van der Waals surface area contributed by atoms with Gasteiger partial charge in [-0.25, -0.2) is 4.98 Å². The number of para-hydroxylation sites is 1. The fourth-order valence-electron chi connectivity index (χ4n) is 2.14. The van der Waals surface area contributed by atoms with Crippen molar-refractivity contribution in [3.63, 3.8) is 0 Å². The highest BCUT2D eigenvalue weighted by Gasteiger charge is 2.24. The Morgan fingerprint density at radius 3 is 3.00 bits per heavy atom. The summed E-state index contributed by atoms with van der Waals surface area (Å²) < 4.78 is 6.04. The third-order valence-corrected chi connectivity index (χ3v) is 4.39. The van der Waals surface area contributed by atoms with Crippen LogP contribution in [0.2, 0.25) is 0 Å². The van der Waals surface area contributed by atoms with Crippen molar-refractivity contribution in [2.24, 2.45) is 0 Å². The van der Waals surface area contributed by atoms with Crippen LogP contribution in [0.25, 0.3) is 0 Å². The zero-order valence-corrected chi connectivity index (χ0v) is 13.5. The fraction of sp³-hybridized carbons (Fsp3) is 0.438. The molecule has 1 aromatic carbocycles. The minimum Gasteiger partial charge on any atom is -0.480 e. The van der Waals surface area contributed by atoms with Gasteiger partial charge in [-0.1, -0.05) is 12.1 Å². The normalized spacial score (nSPS) is 18.1. The molecule has 2 aromatic rings. The van der Waals surface area contributed by atoms with E-state index in [0.717, 1.165) is 29.6 Å². The number of rotatable bonds is 3. The SMILES string of the molecule is CC(C)(C)NCc1cnc(C2CSc3ccccc3O2)[nH]1. The molecule has 1 aromatic heterocycles. The predicted molar refractivity (Wildman–Crippen MR) is 85.7 cm³/mol. The molecule has 21 heavy (non-hydrogen) atoms. The second-order valence-electron chi connectivity index (χ2n) is 6.26. The van der Waals surface area contributed by atoms with Crippen molar-refractivity contribution >= 4 is 11.8 Å². The molecule has 0 aliphatic carbocycles. The molecule has 1 atom stereocenters. The number of hydrogen-bond donors (Lipinski definition) is 2. The molecule has 0 fully saturated rings. The summed E-state index contributed by atoms with van der Waals surface area (Å²) in [6.45, 7) is 7.25. The molecular formula is C16H21N3OS. The minimum absolute atomic E-state index is 0.00622. The van der Waals surface area contributed by atoms with E-state index in [4.69, 9.17) is 4.74 Å². The van der Waals surface area contributed by atoms with Gasteiger partial charge in [0, 0.05) is 34.6 Å². The van der Waals surface area contributed by atoms with E-state index in [-0.39, 0.29) is 11.6 Å². The maximum Gasteiger partial charge on any atom is 0.165 e. The Hall–Kier alpha value is -1.46. The second kappa shape index (κ2) is 5.73. The zero-order chi connectivity index (χ0) is 14.9. The molecule has 0 spiro atoms. The molecule has 0 saturated carbocycles. The lowest BCUT2D eigenvalue weighted by Gasteiger charge is -2.24. The summed E-state index contributed by atoms with van der Waals surface area (Å²) in [6.07, 6.45) is 1.89. The molecule has 0 saturated heterocycles. The number of ether oxygens (including phenoxy) is 1. The van der Waals surface area contributed by atoms with Crippen LogP contribution in [0.4, 0.5) is 0 Å². The van der Waals surface area contributed by atoms with E-state index in [1.54, 1.807) is 0 Å². The highest BCUT2D eigenvalue weighted by Crippen LogP contribution is 2.39. The lowest BCUT2D eigenvalue weighted by atomic mass is 10.1. The molecule has 3 rings (SSSR count). The number of benzene rings is 1. The topological polar surface area (TPSA) is 49.9 Å². The summed E-state index contributed by atoms with van der Waals surface area (Å²) in [4.78, 5) is 9.06. The van der Waals surface area contributed by atoms with E-state index in [1.165, 1.54) is 4.90 Å².